The Morgan fingerprint density at radius 1 is 0.964 bits per heavy atom. The van der Waals surface area contributed by atoms with Crippen LogP contribution in [0.5, 0.6) is 0 Å². The molecule has 1 heterocycles. The topological polar surface area (TPSA) is 61.4 Å². The van der Waals surface area contributed by atoms with Gasteiger partial charge in [0.05, 0.1) is 11.5 Å². The Bertz CT molecular complexity index is 847. The van der Waals surface area contributed by atoms with E-state index in [-0.39, 0.29) is 23.3 Å². The normalized spacial score (nSPS) is 13.4. The van der Waals surface area contributed by atoms with Crippen molar-refractivity contribution in [3.05, 3.63) is 53.6 Å². The molecule has 3 rings (SSSR count). The van der Waals surface area contributed by atoms with Crippen molar-refractivity contribution in [2.45, 2.75) is 26.7 Å². The first-order chi connectivity index (χ1) is 13.5. The second-order valence-corrected chi connectivity index (χ2v) is 8.14. The van der Waals surface area contributed by atoms with Crippen molar-refractivity contribution in [1.29, 1.82) is 0 Å². The predicted octanol–water partition coefficient (Wildman–Crippen LogP) is 4.21. The maximum atomic E-state index is 12.2. The SMILES string of the molecule is Cc1cccc(NC(=O)CSCC(=O)Nc2ccc(N3CCCC3)cc2C)c1. The lowest BCUT2D eigenvalue weighted by atomic mass is 10.1. The lowest BCUT2D eigenvalue weighted by Crippen LogP contribution is -2.20. The minimum atomic E-state index is -0.102. The quantitative estimate of drug-likeness (QED) is 0.735. The van der Waals surface area contributed by atoms with Crippen LogP contribution in [-0.2, 0) is 9.59 Å². The summed E-state index contributed by atoms with van der Waals surface area (Å²) in [6.45, 7) is 6.20. The predicted molar refractivity (Wildman–Crippen MR) is 118 cm³/mol. The standard InChI is InChI=1S/C22H27N3O2S/c1-16-6-5-7-18(12-16)23-21(26)14-28-15-22(27)24-20-9-8-19(13-17(20)2)25-10-3-4-11-25/h5-9,12-13H,3-4,10-11,14-15H2,1-2H3,(H,23,26)(H,24,27). The zero-order chi connectivity index (χ0) is 19.9. The van der Waals surface area contributed by atoms with E-state index in [0.717, 1.165) is 35.6 Å². The molecule has 1 aliphatic heterocycles. The Morgan fingerprint density at radius 2 is 1.68 bits per heavy atom. The van der Waals surface area contributed by atoms with Crippen molar-refractivity contribution in [3.63, 3.8) is 0 Å². The molecule has 2 aromatic carbocycles. The van der Waals surface area contributed by atoms with E-state index < -0.39 is 0 Å². The van der Waals surface area contributed by atoms with E-state index in [9.17, 15) is 9.59 Å². The molecule has 0 aliphatic carbocycles. The highest BCUT2D eigenvalue weighted by Crippen LogP contribution is 2.25. The van der Waals surface area contributed by atoms with Gasteiger partial charge in [0, 0.05) is 30.2 Å². The summed E-state index contributed by atoms with van der Waals surface area (Å²) in [7, 11) is 0. The van der Waals surface area contributed by atoms with Crippen LogP contribution in [0.25, 0.3) is 0 Å². The molecule has 0 aromatic heterocycles. The van der Waals surface area contributed by atoms with Gasteiger partial charge in [-0.25, -0.2) is 0 Å². The molecule has 0 bridgehead atoms. The van der Waals surface area contributed by atoms with Crippen LogP contribution in [0.15, 0.2) is 42.5 Å². The molecule has 1 fully saturated rings. The van der Waals surface area contributed by atoms with Gasteiger partial charge in [-0.15, -0.1) is 11.8 Å². The number of rotatable bonds is 7. The Labute approximate surface area is 170 Å². The lowest BCUT2D eigenvalue weighted by molar-refractivity contribution is -0.114. The van der Waals surface area contributed by atoms with Gasteiger partial charge in [-0.1, -0.05) is 12.1 Å². The summed E-state index contributed by atoms with van der Waals surface area (Å²) in [6.07, 6.45) is 2.48. The van der Waals surface area contributed by atoms with Gasteiger partial charge >= 0.3 is 0 Å². The summed E-state index contributed by atoms with van der Waals surface area (Å²) in [4.78, 5) is 26.6. The third kappa shape index (κ3) is 5.76. The number of hydrogen-bond acceptors (Lipinski definition) is 4. The first kappa shape index (κ1) is 20.3. The number of amides is 2. The average Bonchev–Trinajstić information content (AvgIpc) is 3.18. The Balaban J connectivity index is 1.43. The largest absolute Gasteiger partial charge is 0.372 e. The van der Waals surface area contributed by atoms with Gasteiger partial charge in [0.15, 0.2) is 0 Å². The van der Waals surface area contributed by atoms with Crippen LogP contribution in [0.1, 0.15) is 24.0 Å². The number of aryl methyl sites for hydroxylation is 2. The molecule has 1 saturated heterocycles. The van der Waals surface area contributed by atoms with Gasteiger partial charge in [0.25, 0.3) is 0 Å². The highest BCUT2D eigenvalue weighted by molar-refractivity contribution is 8.00. The smallest absolute Gasteiger partial charge is 0.234 e. The zero-order valence-corrected chi connectivity index (χ0v) is 17.3. The van der Waals surface area contributed by atoms with Gasteiger partial charge in [0.1, 0.15) is 0 Å². The van der Waals surface area contributed by atoms with Crippen molar-refractivity contribution in [2.75, 3.05) is 40.1 Å². The van der Waals surface area contributed by atoms with Crippen LogP contribution in [-0.4, -0.2) is 36.4 Å². The molecular weight excluding hydrogens is 370 g/mol. The molecule has 2 N–H and O–H groups in total. The van der Waals surface area contributed by atoms with Crippen LogP contribution < -0.4 is 15.5 Å². The highest BCUT2D eigenvalue weighted by Gasteiger charge is 2.14. The monoisotopic (exact) mass is 397 g/mol. The molecule has 0 unspecified atom stereocenters. The number of carbonyl (C=O) groups is 2. The first-order valence-corrected chi connectivity index (χ1v) is 10.8. The van der Waals surface area contributed by atoms with Gasteiger partial charge in [0.2, 0.25) is 11.8 Å². The molecule has 1 aliphatic rings. The van der Waals surface area contributed by atoms with Crippen LogP contribution in [0.2, 0.25) is 0 Å². The molecule has 0 spiro atoms. The second-order valence-electron chi connectivity index (χ2n) is 7.15. The number of anilines is 3. The lowest BCUT2D eigenvalue weighted by Gasteiger charge is -2.19. The number of nitrogens with zero attached hydrogens (tertiary/aromatic N) is 1. The summed E-state index contributed by atoms with van der Waals surface area (Å²) in [5.74, 6) is 0.294. The second kappa shape index (κ2) is 9.64. The Hall–Kier alpha value is -2.47. The average molecular weight is 398 g/mol. The van der Waals surface area contributed by atoms with Gasteiger partial charge in [-0.3, -0.25) is 9.59 Å². The van der Waals surface area contributed by atoms with E-state index >= 15 is 0 Å². The van der Waals surface area contributed by atoms with Crippen molar-refractivity contribution in [3.8, 4) is 0 Å². The minimum absolute atomic E-state index is 0.0922. The van der Waals surface area contributed by atoms with E-state index in [4.69, 9.17) is 0 Å². The summed E-state index contributed by atoms with van der Waals surface area (Å²) >= 11 is 1.31. The maximum absolute atomic E-state index is 12.2. The van der Waals surface area contributed by atoms with Crippen molar-refractivity contribution in [2.24, 2.45) is 0 Å². The number of thioether (sulfide) groups is 1. The van der Waals surface area contributed by atoms with E-state index in [0.29, 0.717) is 0 Å². The summed E-state index contributed by atoms with van der Waals surface area (Å²) in [6, 6.07) is 13.8. The number of nitrogens with one attached hydrogen (secondary N) is 2. The maximum Gasteiger partial charge on any atom is 0.234 e. The Morgan fingerprint density at radius 3 is 2.36 bits per heavy atom. The fourth-order valence-corrected chi connectivity index (χ4v) is 3.92. The number of carbonyl (C=O) groups excluding carboxylic acids is 2. The van der Waals surface area contributed by atoms with Crippen LogP contribution in [0, 0.1) is 13.8 Å². The summed E-state index contributed by atoms with van der Waals surface area (Å²) in [5.41, 5.74) is 4.98. The van der Waals surface area contributed by atoms with Crippen molar-refractivity contribution < 1.29 is 9.59 Å². The van der Waals surface area contributed by atoms with Crippen LogP contribution in [0.3, 0.4) is 0 Å². The molecule has 148 valence electrons. The van der Waals surface area contributed by atoms with E-state index in [1.807, 2.05) is 44.2 Å². The Kier molecular flexibility index (Phi) is 6.98. The first-order valence-electron chi connectivity index (χ1n) is 9.61. The van der Waals surface area contributed by atoms with Gasteiger partial charge in [-0.05, 0) is 68.1 Å². The molecule has 0 radical (unpaired) electrons. The summed E-state index contributed by atoms with van der Waals surface area (Å²) in [5, 5.41) is 5.80. The molecule has 2 amide bonds. The minimum Gasteiger partial charge on any atom is -0.372 e. The molecule has 0 atom stereocenters. The van der Waals surface area contributed by atoms with E-state index in [1.165, 1.54) is 30.3 Å². The fourth-order valence-electron chi connectivity index (χ4n) is 3.30. The van der Waals surface area contributed by atoms with E-state index in [1.54, 1.807) is 0 Å². The van der Waals surface area contributed by atoms with E-state index in [2.05, 4.69) is 27.7 Å². The molecule has 6 heteroatoms. The van der Waals surface area contributed by atoms with Gasteiger partial charge < -0.3 is 15.5 Å². The van der Waals surface area contributed by atoms with Crippen molar-refractivity contribution >= 4 is 40.6 Å². The van der Waals surface area contributed by atoms with Crippen molar-refractivity contribution in [1.82, 2.24) is 0 Å². The molecule has 5 nitrogen and oxygen atoms in total. The molecular formula is C22H27N3O2S. The number of benzene rings is 2. The van der Waals surface area contributed by atoms with Crippen LogP contribution >= 0.6 is 11.8 Å². The molecule has 28 heavy (non-hydrogen) atoms. The third-order valence-corrected chi connectivity index (χ3v) is 5.66. The van der Waals surface area contributed by atoms with Gasteiger partial charge in [-0.2, -0.15) is 0 Å². The fraction of sp³-hybridized carbons (Fsp3) is 0.364. The number of hydrogen-bond donors (Lipinski definition) is 2. The molecule has 0 saturated carbocycles. The highest BCUT2D eigenvalue weighted by atomic mass is 32.2. The molecule has 2 aromatic rings. The van der Waals surface area contributed by atoms with Crippen LogP contribution in [0.4, 0.5) is 17.1 Å². The summed E-state index contributed by atoms with van der Waals surface area (Å²) < 4.78 is 0. The zero-order valence-electron chi connectivity index (χ0n) is 16.5. The third-order valence-electron chi connectivity index (χ3n) is 4.72.